The van der Waals surface area contributed by atoms with Crippen LogP contribution in [0.1, 0.15) is 18.1 Å². The van der Waals surface area contributed by atoms with E-state index >= 15 is 0 Å². The van der Waals surface area contributed by atoms with Crippen LogP contribution in [0, 0.1) is 3.57 Å². The van der Waals surface area contributed by atoms with Gasteiger partial charge in [-0.15, -0.1) is 12.4 Å². The number of hydrogen-bond acceptors (Lipinski definition) is 5. The first-order valence-corrected chi connectivity index (χ1v) is 9.28. The fourth-order valence-electron chi connectivity index (χ4n) is 2.98. The van der Waals surface area contributed by atoms with E-state index in [-0.39, 0.29) is 18.2 Å². The van der Waals surface area contributed by atoms with Gasteiger partial charge in [-0.2, -0.15) is 0 Å². The summed E-state index contributed by atoms with van der Waals surface area (Å²) < 4.78 is 17.3. The van der Waals surface area contributed by atoms with E-state index in [9.17, 15) is 5.11 Å². The lowest BCUT2D eigenvalue weighted by Gasteiger charge is -2.14. The molecule has 1 N–H and O–H groups in total. The predicted octanol–water partition coefficient (Wildman–Crippen LogP) is 4.97. The fraction of sp³-hybridized carbons (Fsp3) is 0.250. The summed E-state index contributed by atoms with van der Waals surface area (Å²) in [5.41, 5.74) is 2.10. The zero-order chi connectivity index (χ0) is 18.7. The topological polar surface area (TPSA) is 60.8 Å². The highest BCUT2D eigenvalue weighted by molar-refractivity contribution is 14.1. The summed E-state index contributed by atoms with van der Waals surface area (Å²) in [4.78, 5) is 4.30. The SMILES string of the molecule is CCOc1ccc2c(Cc3cc(I)c(OC)c(OC)c3)cncc2c1O.Cl. The number of halogens is 2. The summed E-state index contributed by atoms with van der Waals surface area (Å²) in [6.07, 6.45) is 4.15. The number of methoxy groups -OCH3 is 2. The summed E-state index contributed by atoms with van der Waals surface area (Å²) in [5.74, 6) is 2.02. The van der Waals surface area contributed by atoms with Crippen LogP contribution in [0.15, 0.2) is 36.7 Å². The van der Waals surface area contributed by atoms with Crippen molar-refractivity contribution in [2.45, 2.75) is 13.3 Å². The Bertz CT molecular complexity index is 949. The Balaban J connectivity index is 0.00000261. The zero-order valence-electron chi connectivity index (χ0n) is 15.3. The number of ether oxygens (including phenoxy) is 3. The Morgan fingerprint density at radius 3 is 2.48 bits per heavy atom. The number of rotatable bonds is 6. The maximum Gasteiger partial charge on any atom is 0.174 e. The molecule has 0 spiro atoms. The first-order chi connectivity index (χ1) is 12.6. The van der Waals surface area contributed by atoms with E-state index in [4.69, 9.17) is 14.2 Å². The highest BCUT2D eigenvalue weighted by Crippen LogP contribution is 2.37. The molecule has 0 aliphatic rings. The number of aromatic nitrogens is 1. The average Bonchev–Trinajstić information content (AvgIpc) is 2.64. The Labute approximate surface area is 178 Å². The van der Waals surface area contributed by atoms with E-state index in [1.165, 1.54) is 0 Å². The van der Waals surface area contributed by atoms with E-state index in [2.05, 4.69) is 33.6 Å². The molecule has 7 heteroatoms. The van der Waals surface area contributed by atoms with Gasteiger partial charge in [-0.25, -0.2) is 0 Å². The molecule has 0 fully saturated rings. The van der Waals surface area contributed by atoms with Crippen LogP contribution in [0.4, 0.5) is 0 Å². The molecular formula is C20H21ClINO4. The van der Waals surface area contributed by atoms with Crippen LogP contribution >= 0.6 is 35.0 Å². The zero-order valence-corrected chi connectivity index (χ0v) is 18.3. The van der Waals surface area contributed by atoms with Crippen molar-refractivity contribution >= 4 is 45.8 Å². The van der Waals surface area contributed by atoms with Gasteiger partial charge in [0.2, 0.25) is 0 Å². The highest BCUT2D eigenvalue weighted by atomic mass is 127. The minimum Gasteiger partial charge on any atom is -0.504 e. The van der Waals surface area contributed by atoms with Crippen molar-refractivity contribution in [1.29, 1.82) is 0 Å². The number of benzene rings is 2. The normalized spacial score (nSPS) is 10.4. The average molecular weight is 502 g/mol. The van der Waals surface area contributed by atoms with E-state index in [0.717, 1.165) is 25.8 Å². The molecule has 0 aliphatic carbocycles. The Morgan fingerprint density at radius 2 is 1.81 bits per heavy atom. The minimum absolute atomic E-state index is 0. The maximum absolute atomic E-state index is 10.5. The molecule has 0 unspecified atom stereocenters. The molecule has 0 atom stereocenters. The van der Waals surface area contributed by atoms with Crippen LogP contribution in [-0.4, -0.2) is 30.9 Å². The third kappa shape index (κ3) is 4.32. The van der Waals surface area contributed by atoms with E-state index in [0.29, 0.717) is 29.9 Å². The van der Waals surface area contributed by atoms with Gasteiger partial charge in [-0.3, -0.25) is 4.98 Å². The number of phenolic OH excluding ortho intramolecular Hbond substituents is 1. The molecule has 144 valence electrons. The second kappa shape index (κ2) is 9.32. The third-order valence-electron chi connectivity index (χ3n) is 4.15. The molecule has 1 heterocycles. The van der Waals surface area contributed by atoms with Crippen molar-refractivity contribution in [1.82, 2.24) is 4.98 Å². The molecule has 0 saturated carbocycles. The smallest absolute Gasteiger partial charge is 0.174 e. The van der Waals surface area contributed by atoms with Gasteiger partial charge in [0, 0.05) is 17.8 Å². The Kier molecular flexibility index (Phi) is 7.38. The largest absolute Gasteiger partial charge is 0.504 e. The van der Waals surface area contributed by atoms with Crippen LogP contribution in [0.3, 0.4) is 0 Å². The van der Waals surface area contributed by atoms with Crippen LogP contribution in [0.5, 0.6) is 23.0 Å². The highest BCUT2D eigenvalue weighted by Gasteiger charge is 2.14. The number of fused-ring (bicyclic) bond motifs is 1. The van der Waals surface area contributed by atoms with Gasteiger partial charge in [0.1, 0.15) is 0 Å². The molecule has 5 nitrogen and oxygen atoms in total. The summed E-state index contributed by atoms with van der Waals surface area (Å²) in [5, 5.41) is 12.1. The molecule has 0 bridgehead atoms. The molecule has 3 aromatic rings. The maximum atomic E-state index is 10.5. The monoisotopic (exact) mass is 501 g/mol. The van der Waals surface area contributed by atoms with Crippen molar-refractivity contribution in [3.63, 3.8) is 0 Å². The molecular weight excluding hydrogens is 481 g/mol. The molecule has 3 rings (SSSR count). The van der Waals surface area contributed by atoms with Crippen LogP contribution in [0.25, 0.3) is 10.8 Å². The molecule has 2 aromatic carbocycles. The lowest BCUT2D eigenvalue weighted by atomic mass is 10.00. The van der Waals surface area contributed by atoms with E-state index in [1.54, 1.807) is 26.5 Å². The molecule has 1 aromatic heterocycles. The van der Waals surface area contributed by atoms with Crippen molar-refractivity contribution < 1.29 is 19.3 Å². The first-order valence-electron chi connectivity index (χ1n) is 8.20. The van der Waals surface area contributed by atoms with Gasteiger partial charge in [-0.1, -0.05) is 6.07 Å². The van der Waals surface area contributed by atoms with Gasteiger partial charge in [0.05, 0.1) is 24.4 Å². The lowest BCUT2D eigenvalue weighted by molar-refractivity contribution is 0.320. The number of nitrogens with zero attached hydrogens (tertiary/aromatic N) is 1. The first kappa shape index (κ1) is 21.4. The predicted molar refractivity (Wildman–Crippen MR) is 117 cm³/mol. The number of pyridine rings is 1. The summed E-state index contributed by atoms with van der Waals surface area (Å²) >= 11 is 2.24. The summed E-state index contributed by atoms with van der Waals surface area (Å²) in [7, 11) is 3.26. The minimum atomic E-state index is 0. The fourth-order valence-corrected chi connectivity index (χ4v) is 3.86. The van der Waals surface area contributed by atoms with Gasteiger partial charge in [0.15, 0.2) is 23.0 Å². The number of aromatic hydroxyl groups is 1. The van der Waals surface area contributed by atoms with E-state index in [1.807, 2.05) is 25.3 Å². The molecule has 0 amide bonds. The quantitative estimate of drug-likeness (QED) is 0.483. The summed E-state index contributed by atoms with van der Waals surface area (Å²) in [6.45, 7) is 2.38. The molecule has 0 radical (unpaired) electrons. The van der Waals surface area contributed by atoms with Gasteiger partial charge in [0.25, 0.3) is 0 Å². The second-order valence-corrected chi connectivity index (χ2v) is 6.89. The second-order valence-electron chi connectivity index (χ2n) is 5.73. The molecule has 27 heavy (non-hydrogen) atoms. The van der Waals surface area contributed by atoms with Crippen LogP contribution in [-0.2, 0) is 6.42 Å². The van der Waals surface area contributed by atoms with Gasteiger partial charge in [-0.05, 0) is 70.6 Å². The van der Waals surface area contributed by atoms with Crippen molar-refractivity contribution in [3.8, 4) is 23.0 Å². The Hall–Kier alpha value is -1.93. The van der Waals surface area contributed by atoms with Gasteiger partial charge >= 0.3 is 0 Å². The number of hydrogen-bond donors (Lipinski definition) is 1. The molecule has 0 saturated heterocycles. The third-order valence-corrected chi connectivity index (χ3v) is 4.95. The standard InChI is InChI=1S/C20H20INO4.ClH/c1-4-26-17-6-5-14-13(10-22-11-15(14)19(17)23)7-12-8-16(21)20(25-3)18(9-12)24-2;/h5-6,8-11,23H,4,7H2,1-3H3;1H. The van der Waals surface area contributed by atoms with Crippen molar-refractivity contribution in [3.05, 3.63) is 51.4 Å². The Morgan fingerprint density at radius 1 is 1.04 bits per heavy atom. The lowest BCUT2D eigenvalue weighted by Crippen LogP contribution is -1.98. The van der Waals surface area contributed by atoms with Crippen LogP contribution in [0.2, 0.25) is 0 Å². The number of phenols is 1. The molecule has 0 aliphatic heterocycles. The van der Waals surface area contributed by atoms with Gasteiger partial charge < -0.3 is 19.3 Å². The van der Waals surface area contributed by atoms with Crippen molar-refractivity contribution in [2.24, 2.45) is 0 Å². The van der Waals surface area contributed by atoms with Crippen molar-refractivity contribution in [2.75, 3.05) is 20.8 Å². The van der Waals surface area contributed by atoms with E-state index < -0.39 is 0 Å². The summed E-state index contributed by atoms with van der Waals surface area (Å²) in [6, 6.07) is 7.79. The van der Waals surface area contributed by atoms with Crippen LogP contribution < -0.4 is 14.2 Å².